The number of methoxy groups -OCH3 is 1. The molecule has 0 heterocycles. The van der Waals surface area contributed by atoms with Crippen LogP contribution in [0, 0.1) is 0 Å². The number of carbonyl (C=O) groups excluding carboxylic acids is 1. The lowest BCUT2D eigenvalue weighted by molar-refractivity contribution is 0.211. The van der Waals surface area contributed by atoms with Crippen molar-refractivity contribution in [3.8, 4) is 5.75 Å². The molecule has 1 aromatic carbocycles. The van der Waals surface area contributed by atoms with Gasteiger partial charge in [-0.25, -0.2) is 4.79 Å². The van der Waals surface area contributed by atoms with Gasteiger partial charge in [-0.1, -0.05) is 0 Å². The van der Waals surface area contributed by atoms with Crippen molar-refractivity contribution < 1.29 is 9.53 Å². The molecule has 17 heavy (non-hydrogen) atoms. The van der Waals surface area contributed by atoms with Gasteiger partial charge in [0.15, 0.2) is 0 Å². The molecule has 1 aromatic rings. The second-order valence-electron chi connectivity index (χ2n) is 3.71. The molecule has 94 valence electrons. The highest BCUT2D eigenvalue weighted by atomic mass is 16.5. The van der Waals surface area contributed by atoms with Gasteiger partial charge in [0.1, 0.15) is 5.75 Å². The van der Waals surface area contributed by atoms with Gasteiger partial charge in [-0.05, 0) is 38.1 Å². The fraction of sp³-hybridized carbons (Fsp3) is 0.462. The third-order valence-corrected chi connectivity index (χ3v) is 2.78. The van der Waals surface area contributed by atoms with Crippen molar-refractivity contribution in [3.05, 3.63) is 24.3 Å². The van der Waals surface area contributed by atoms with Crippen molar-refractivity contribution in [1.29, 1.82) is 0 Å². The normalized spacial score (nSPS) is 9.88. The van der Waals surface area contributed by atoms with E-state index in [1.165, 1.54) is 0 Å². The maximum atomic E-state index is 12.1. The number of nitrogens with zero attached hydrogens (tertiary/aromatic N) is 2. The molecule has 0 radical (unpaired) electrons. The van der Waals surface area contributed by atoms with Crippen molar-refractivity contribution in [2.45, 2.75) is 13.8 Å². The van der Waals surface area contributed by atoms with E-state index in [1.54, 1.807) is 24.0 Å². The quantitative estimate of drug-likeness (QED) is 0.805. The molecular formula is C13H20N2O2. The highest BCUT2D eigenvalue weighted by Gasteiger charge is 2.15. The van der Waals surface area contributed by atoms with Crippen LogP contribution in [0.5, 0.6) is 5.75 Å². The molecule has 0 aliphatic heterocycles. The molecule has 4 heteroatoms. The molecule has 0 N–H and O–H groups in total. The molecule has 2 amide bonds. The minimum absolute atomic E-state index is 0.0140. The Kier molecular flexibility index (Phi) is 4.82. The number of anilines is 1. The van der Waals surface area contributed by atoms with E-state index in [0.29, 0.717) is 0 Å². The minimum Gasteiger partial charge on any atom is -0.497 e. The maximum Gasteiger partial charge on any atom is 0.324 e. The van der Waals surface area contributed by atoms with Gasteiger partial charge in [0.25, 0.3) is 0 Å². The fourth-order valence-electron chi connectivity index (χ4n) is 1.62. The summed E-state index contributed by atoms with van der Waals surface area (Å²) in [4.78, 5) is 15.5. The number of urea groups is 1. The summed E-state index contributed by atoms with van der Waals surface area (Å²) in [6.07, 6.45) is 0. The summed E-state index contributed by atoms with van der Waals surface area (Å²) >= 11 is 0. The molecule has 1 rings (SSSR count). The first-order chi connectivity index (χ1) is 8.13. The minimum atomic E-state index is 0.0140. The summed E-state index contributed by atoms with van der Waals surface area (Å²) in [5, 5.41) is 0. The van der Waals surface area contributed by atoms with Crippen LogP contribution in [0.4, 0.5) is 10.5 Å². The highest BCUT2D eigenvalue weighted by Crippen LogP contribution is 2.19. The first kappa shape index (κ1) is 13.4. The lowest BCUT2D eigenvalue weighted by Gasteiger charge is -2.26. The van der Waals surface area contributed by atoms with Crippen molar-refractivity contribution in [3.63, 3.8) is 0 Å². The van der Waals surface area contributed by atoms with Crippen molar-refractivity contribution in [2.75, 3.05) is 32.1 Å². The molecule has 0 spiro atoms. The zero-order valence-corrected chi connectivity index (χ0v) is 10.9. The third kappa shape index (κ3) is 3.12. The Labute approximate surface area is 103 Å². The Bertz CT molecular complexity index is 358. The Hall–Kier alpha value is -1.71. The van der Waals surface area contributed by atoms with E-state index in [-0.39, 0.29) is 6.03 Å². The summed E-state index contributed by atoms with van der Waals surface area (Å²) < 4.78 is 5.09. The van der Waals surface area contributed by atoms with E-state index in [0.717, 1.165) is 24.5 Å². The predicted octanol–water partition coefficient (Wildman–Crippen LogP) is 2.59. The fourth-order valence-corrected chi connectivity index (χ4v) is 1.62. The molecule has 4 nitrogen and oxygen atoms in total. The summed E-state index contributed by atoms with van der Waals surface area (Å²) in [6.45, 7) is 5.39. The molecule has 0 saturated carbocycles. The van der Waals surface area contributed by atoms with Gasteiger partial charge >= 0.3 is 6.03 Å². The highest BCUT2D eigenvalue weighted by molar-refractivity contribution is 5.91. The van der Waals surface area contributed by atoms with Gasteiger partial charge in [-0.15, -0.1) is 0 Å². The van der Waals surface area contributed by atoms with Gasteiger partial charge < -0.3 is 9.64 Å². The number of hydrogen-bond acceptors (Lipinski definition) is 2. The largest absolute Gasteiger partial charge is 0.497 e. The van der Waals surface area contributed by atoms with Crippen molar-refractivity contribution in [1.82, 2.24) is 4.90 Å². The van der Waals surface area contributed by atoms with Gasteiger partial charge in [-0.2, -0.15) is 0 Å². The lowest BCUT2D eigenvalue weighted by atomic mass is 10.3. The first-order valence-corrected chi connectivity index (χ1v) is 5.80. The van der Waals surface area contributed by atoms with Gasteiger partial charge in [0, 0.05) is 25.8 Å². The summed E-state index contributed by atoms with van der Waals surface area (Å²) in [6, 6.07) is 7.46. The van der Waals surface area contributed by atoms with Crippen LogP contribution in [0.15, 0.2) is 24.3 Å². The van der Waals surface area contributed by atoms with Gasteiger partial charge in [0.2, 0.25) is 0 Å². The van der Waals surface area contributed by atoms with Crippen LogP contribution in [-0.4, -0.2) is 38.2 Å². The number of hydrogen-bond donors (Lipinski definition) is 0. The topological polar surface area (TPSA) is 32.8 Å². The first-order valence-electron chi connectivity index (χ1n) is 5.80. The molecule has 0 aliphatic carbocycles. The summed E-state index contributed by atoms with van der Waals surface area (Å²) in [5.41, 5.74) is 0.864. The average molecular weight is 236 g/mol. The molecule has 0 fully saturated rings. The number of amides is 2. The van der Waals surface area contributed by atoms with Crippen LogP contribution in [0.25, 0.3) is 0 Å². The van der Waals surface area contributed by atoms with E-state index in [1.807, 2.05) is 38.1 Å². The Morgan fingerprint density at radius 2 is 1.71 bits per heavy atom. The molecular weight excluding hydrogens is 216 g/mol. The molecule has 0 unspecified atom stereocenters. The van der Waals surface area contributed by atoms with Gasteiger partial charge in [-0.3, -0.25) is 4.90 Å². The predicted molar refractivity (Wildman–Crippen MR) is 69.7 cm³/mol. The second kappa shape index (κ2) is 6.13. The van der Waals surface area contributed by atoms with Crippen LogP contribution >= 0.6 is 0 Å². The number of carbonyl (C=O) groups is 1. The Morgan fingerprint density at radius 3 is 2.12 bits per heavy atom. The van der Waals surface area contributed by atoms with E-state index < -0.39 is 0 Å². The number of benzene rings is 1. The molecule has 0 bridgehead atoms. The van der Waals surface area contributed by atoms with E-state index in [9.17, 15) is 4.79 Å². The molecule has 0 aliphatic rings. The SMILES string of the molecule is CCN(CC)C(=O)N(C)c1ccc(OC)cc1. The monoisotopic (exact) mass is 236 g/mol. The third-order valence-electron chi connectivity index (χ3n) is 2.78. The Balaban J connectivity index is 2.80. The average Bonchev–Trinajstić information content (AvgIpc) is 2.39. The van der Waals surface area contributed by atoms with E-state index in [4.69, 9.17) is 4.74 Å². The second-order valence-corrected chi connectivity index (χ2v) is 3.71. The number of rotatable bonds is 4. The van der Waals surface area contributed by atoms with Crippen LogP contribution < -0.4 is 9.64 Å². The standard InChI is InChI=1S/C13H20N2O2/c1-5-15(6-2)13(16)14(3)11-7-9-12(17-4)10-8-11/h7-10H,5-6H2,1-4H3. The van der Waals surface area contributed by atoms with E-state index in [2.05, 4.69) is 0 Å². The summed E-state index contributed by atoms with van der Waals surface area (Å²) in [7, 11) is 3.40. The van der Waals surface area contributed by atoms with Crippen LogP contribution in [0.1, 0.15) is 13.8 Å². The van der Waals surface area contributed by atoms with Crippen molar-refractivity contribution in [2.24, 2.45) is 0 Å². The Morgan fingerprint density at radius 1 is 1.18 bits per heavy atom. The van der Waals surface area contributed by atoms with E-state index >= 15 is 0 Å². The molecule has 0 aromatic heterocycles. The molecule has 0 atom stereocenters. The summed E-state index contributed by atoms with van der Waals surface area (Å²) in [5.74, 6) is 0.789. The van der Waals surface area contributed by atoms with Crippen LogP contribution in [-0.2, 0) is 0 Å². The smallest absolute Gasteiger partial charge is 0.324 e. The van der Waals surface area contributed by atoms with Crippen LogP contribution in [0.2, 0.25) is 0 Å². The van der Waals surface area contributed by atoms with Gasteiger partial charge in [0.05, 0.1) is 7.11 Å². The maximum absolute atomic E-state index is 12.1. The zero-order valence-electron chi connectivity index (χ0n) is 10.9. The lowest BCUT2D eigenvalue weighted by Crippen LogP contribution is -2.41. The van der Waals surface area contributed by atoms with Crippen molar-refractivity contribution >= 4 is 11.7 Å². The molecule has 0 saturated heterocycles. The van der Waals surface area contributed by atoms with Crippen LogP contribution in [0.3, 0.4) is 0 Å². The zero-order chi connectivity index (χ0) is 12.8. The number of ether oxygens (including phenoxy) is 1.